The number of rotatable bonds is 6. The van der Waals surface area contributed by atoms with Crippen molar-refractivity contribution in [3.05, 3.63) is 35.4 Å². The van der Waals surface area contributed by atoms with Crippen molar-refractivity contribution in [3.8, 4) is 0 Å². The average Bonchev–Trinajstić information content (AvgIpc) is 2.37. The summed E-state index contributed by atoms with van der Waals surface area (Å²) in [4.78, 5) is 0. The van der Waals surface area contributed by atoms with Gasteiger partial charge in [0.2, 0.25) is 0 Å². The molecular weight excluding hydrogens is 263 g/mol. The first-order chi connectivity index (χ1) is 9.20. The van der Waals surface area contributed by atoms with Crippen molar-refractivity contribution in [3.63, 3.8) is 0 Å². The van der Waals surface area contributed by atoms with Crippen molar-refractivity contribution in [1.82, 2.24) is 5.32 Å². The highest BCUT2D eigenvalue weighted by atomic mass is 19.4. The van der Waals surface area contributed by atoms with Gasteiger partial charge in [0.25, 0.3) is 0 Å². The molecule has 20 heavy (non-hydrogen) atoms. The minimum atomic E-state index is -4.27. The second kappa shape index (κ2) is 6.61. The van der Waals surface area contributed by atoms with Gasteiger partial charge in [0.05, 0.1) is 5.56 Å². The van der Waals surface area contributed by atoms with Crippen molar-refractivity contribution in [2.24, 2.45) is 5.41 Å². The molecule has 1 aromatic carbocycles. The standard InChI is InChI=1S/C16H24F3N/c1-5-15(3,4)14(20-6-2)11-12-8-7-9-13(10-12)16(17,18)19/h7-10,14,20H,5-6,11H2,1-4H3. The maximum Gasteiger partial charge on any atom is 0.416 e. The van der Waals surface area contributed by atoms with Crippen LogP contribution in [0, 0.1) is 5.41 Å². The van der Waals surface area contributed by atoms with E-state index in [0.717, 1.165) is 24.6 Å². The predicted octanol–water partition coefficient (Wildman–Crippen LogP) is 4.66. The van der Waals surface area contributed by atoms with Gasteiger partial charge < -0.3 is 5.32 Å². The molecular formula is C16H24F3N. The number of alkyl halides is 3. The van der Waals surface area contributed by atoms with Crippen LogP contribution in [0.1, 0.15) is 45.2 Å². The van der Waals surface area contributed by atoms with Gasteiger partial charge in [0.1, 0.15) is 0 Å². The fraction of sp³-hybridized carbons (Fsp3) is 0.625. The molecule has 0 saturated heterocycles. The maximum absolute atomic E-state index is 12.7. The number of benzene rings is 1. The molecule has 114 valence electrons. The van der Waals surface area contributed by atoms with E-state index in [2.05, 4.69) is 26.1 Å². The molecule has 0 saturated carbocycles. The largest absolute Gasteiger partial charge is 0.416 e. The third kappa shape index (κ3) is 4.51. The van der Waals surface area contributed by atoms with E-state index in [1.54, 1.807) is 6.07 Å². The monoisotopic (exact) mass is 287 g/mol. The predicted molar refractivity (Wildman–Crippen MR) is 76.7 cm³/mol. The van der Waals surface area contributed by atoms with Crippen LogP contribution in [0.3, 0.4) is 0 Å². The lowest BCUT2D eigenvalue weighted by Crippen LogP contribution is -2.43. The fourth-order valence-electron chi connectivity index (χ4n) is 2.23. The first kappa shape index (κ1) is 17.0. The first-order valence-corrected chi connectivity index (χ1v) is 7.10. The molecule has 0 fully saturated rings. The Morgan fingerprint density at radius 2 is 1.80 bits per heavy atom. The Labute approximate surface area is 119 Å². The number of likely N-dealkylation sites (N-methyl/N-ethyl adjacent to an activating group) is 1. The van der Waals surface area contributed by atoms with Crippen LogP contribution in [0.5, 0.6) is 0 Å². The number of halogens is 3. The molecule has 1 rings (SSSR count). The molecule has 0 aliphatic heterocycles. The molecule has 0 spiro atoms. The minimum Gasteiger partial charge on any atom is -0.313 e. The topological polar surface area (TPSA) is 12.0 Å². The van der Waals surface area contributed by atoms with Gasteiger partial charge in [-0.15, -0.1) is 0 Å². The maximum atomic E-state index is 12.7. The Balaban J connectivity index is 2.95. The van der Waals surface area contributed by atoms with E-state index in [0.29, 0.717) is 6.42 Å². The highest BCUT2D eigenvalue weighted by Crippen LogP contribution is 2.31. The van der Waals surface area contributed by atoms with E-state index in [4.69, 9.17) is 0 Å². The molecule has 1 aromatic rings. The summed E-state index contributed by atoms with van der Waals surface area (Å²) in [6, 6.07) is 5.80. The van der Waals surface area contributed by atoms with E-state index in [1.165, 1.54) is 12.1 Å². The van der Waals surface area contributed by atoms with Crippen molar-refractivity contribution in [2.75, 3.05) is 6.54 Å². The van der Waals surface area contributed by atoms with Gasteiger partial charge in [-0.05, 0) is 36.4 Å². The number of hydrogen-bond donors (Lipinski definition) is 1. The zero-order chi connectivity index (χ0) is 15.4. The summed E-state index contributed by atoms with van der Waals surface area (Å²) < 4.78 is 38.2. The van der Waals surface area contributed by atoms with E-state index >= 15 is 0 Å². The van der Waals surface area contributed by atoms with E-state index in [-0.39, 0.29) is 11.5 Å². The first-order valence-electron chi connectivity index (χ1n) is 7.10. The molecule has 0 bridgehead atoms. The lowest BCUT2D eigenvalue weighted by molar-refractivity contribution is -0.137. The van der Waals surface area contributed by atoms with E-state index < -0.39 is 11.7 Å². The van der Waals surface area contributed by atoms with Gasteiger partial charge in [-0.1, -0.05) is 45.9 Å². The zero-order valence-electron chi connectivity index (χ0n) is 12.6. The lowest BCUT2D eigenvalue weighted by atomic mass is 9.79. The van der Waals surface area contributed by atoms with Gasteiger partial charge in [-0.2, -0.15) is 13.2 Å². The highest BCUT2D eigenvalue weighted by molar-refractivity contribution is 5.26. The van der Waals surface area contributed by atoms with E-state index in [9.17, 15) is 13.2 Å². The normalized spacial score (nSPS) is 14.3. The van der Waals surface area contributed by atoms with Crippen molar-refractivity contribution >= 4 is 0 Å². The van der Waals surface area contributed by atoms with Gasteiger partial charge in [0.15, 0.2) is 0 Å². The van der Waals surface area contributed by atoms with Gasteiger partial charge >= 0.3 is 6.18 Å². The average molecular weight is 287 g/mol. The summed E-state index contributed by atoms with van der Waals surface area (Å²) in [6.07, 6.45) is -2.69. The Morgan fingerprint density at radius 1 is 1.15 bits per heavy atom. The van der Waals surface area contributed by atoms with E-state index in [1.807, 2.05) is 6.92 Å². The second-order valence-corrected chi connectivity index (χ2v) is 5.85. The van der Waals surface area contributed by atoms with Crippen LogP contribution in [-0.2, 0) is 12.6 Å². The molecule has 1 unspecified atom stereocenters. The van der Waals surface area contributed by atoms with Crippen molar-refractivity contribution in [1.29, 1.82) is 0 Å². The number of nitrogens with one attached hydrogen (secondary N) is 1. The molecule has 0 aromatic heterocycles. The summed E-state index contributed by atoms with van der Waals surface area (Å²) in [6.45, 7) is 9.23. The van der Waals surface area contributed by atoms with Crippen LogP contribution in [0.25, 0.3) is 0 Å². The smallest absolute Gasteiger partial charge is 0.313 e. The van der Waals surface area contributed by atoms with Crippen molar-refractivity contribution < 1.29 is 13.2 Å². The Morgan fingerprint density at radius 3 is 2.30 bits per heavy atom. The summed E-state index contributed by atoms with van der Waals surface area (Å²) in [5, 5.41) is 3.40. The zero-order valence-corrected chi connectivity index (χ0v) is 12.6. The van der Waals surface area contributed by atoms with Crippen LogP contribution in [0.2, 0.25) is 0 Å². The Bertz CT molecular complexity index is 424. The van der Waals surface area contributed by atoms with Crippen LogP contribution < -0.4 is 5.32 Å². The summed E-state index contributed by atoms with van der Waals surface area (Å²) in [5.41, 5.74) is 0.205. The Hall–Kier alpha value is -1.03. The molecule has 1 N–H and O–H groups in total. The number of hydrogen-bond acceptors (Lipinski definition) is 1. The summed E-state index contributed by atoms with van der Waals surface area (Å²) in [5.74, 6) is 0. The molecule has 0 radical (unpaired) electrons. The molecule has 0 amide bonds. The third-order valence-corrected chi connectivity index (χ3v) is 4.00. The SMILES string of the molecule is CCNC(Cc1cccc(C(F)(F)F)c1)C(C)(C)CC. The summed E-state index contributed by atoms with van der Waals surface area (Å²) in [7, 11) is 0. The Kier molecular flexibility index (Phi) is 5.63. The summed E-state index contributed by atoms with van der Waals surface area (Å²) >= 11 is 0. The van der Waals surface area contributed by atoms with Crippen LogP contribution in [0.4, 0.5) is 13.2 Å². The van der Waals surface area contributed by atoms with Crippen LogP contribution in [0.15, 0.2) is 24.3 Å². The molecule has 0 heterocycles. The molecule has 4 heteroatoms. The minimum absolute atomic E-state index is 0.0459. The molecule has 1 nitrogen and oxygen atoms in total. The molecule has 1 atom stereocenters. The van der Waals surface area contributed by atoms with Gasteiger partial charge in [0, 0.05) is 6.04 Å². The van der Waals surface area contributed by atoms with Gasteiger partial charge in [-0.25, -0.2) is 0 Å². The highest BCUT2D eigenvalue weighted by Gasteiger charge is 2.31. The van der Waals surface area contributed by atoms with Crippen molar-refractivity contribution in [2.45, 2.75) is 52.8 Å². The second-order valence-electron chi connectivity index (χ2n) is 5.85. The third-order valence-electron chi connectivity index (χ3n) is 4.00. The van der Waals surface area contributed by atoms with Crippen LogP contribution >= 0.6 is 0 Å². The molecule has 0 aliphatic carbocycles. The van der Waals surface area contributed by atoms with Crippen LogP contribution in [-0.4, -0.2) is 12.6 Å². The molecule has 0 aliphatic rings. The quantitative estimate of drug-likeness (QED) is 0.802. The lowest BCUT2D eigenvalue weighted by Gasteiger charge is -2.34. The van der Waals surface area contributed by atoms with Gasteiger partial charge in [-0.3, -0.25) is 0 Å². The fourth-order valence-corrected chi connectivity index (χ4v) is 2.23.